The van der Waals surface area contributed by atoms with Gasteiger partial charge in [0.2, 0.25) is 5.95 Å². The summed E-state index contributed by atoms with van der Waals surface area (Å²) in [6.07, 6.45) is 1.31. The minimum Gasteiger partial charge on any atom is -0.478 e. The van der Waals surface area contributed by atoms with Gasteiger partial charge in [0, 0.05) is 54.9 Å². The lowest BCUT2D eigenvalue weighted by Crippen LogP contribution is -2.37. The number of anilines is 4. The number of nitrogens with one attached hydrogen (secondary N) is 3. The van der Waals surface area contributed by atoms with E-state index in [-0.39, 0.29) is 5.56 Å². The number of ether oxygens (including phenoxy) is 1. The lowest BCUT2D eigenvalue weighted by Gasteiger charge is -2.27. The van der Waals surface area contributed by atoms with E-state index in [9.17, 15) is 4.79 Å². The van der Waals surface area contributed by atoms with Crippen LogP contribution in [0, 0.1) is 5.41 Å². The Morgan fingerprint density at radius 2 is 1.88 bits per heavy atom. The second kappa shape index (κ2) is 9.44. The zero-order chi connectivity index (χ0) is 22.5. The number of nitrogens with zero attached hydrogens (tertiary/aromatic N) is 3. The Labute approximate surface area is 185 Å². The third-order valence-electron chi connectivity index (χ3n) is 5.18. The summed E-state index contributed by atoms with van der Waals surface area (Å²) >= 11 is 0. The highest BCUT2D eigenvalue weighted by molar-refractivity contribution is 5.89. The largest absolute Gasteiger partial charge is 0.478 e. The van der Waals surface area contributed by atoms with Crippen molar-refractivity contribution in [2.75, 3.05) is 48.9 Å². The van der Waals surface area contributed by atoms with Gasteiger partial charge in [-0.3, -0.25) is 0 Å². The monoisotopic (exact) mass is 432 g/mol. The first-order valence-corrected chi connectivity index (χ1v) is 10.2. The summed E-state index contributed by atoms with van der Waals surface area (Å²) in [6, 6.07) is 14.1. The molecule has 2 aromatic carbocycles. The molecule has 2 heterocycles. The van der Waals surface area contributed by atoms with Gasteiger partial charge in [-0.05, 0) is 36.4 Å². The molecule has 164 valence electrons. The van der Waals surface area contributed by atoms with Crippen molar-refractivity contribution in [2.45, 2.75) is 0 Å². The minimum atomic E-state index is -0.970. The summed E-state index contributed by atoms with van der Waals surface area (Å²) in [5.41, 5.74) is 4.15. The molecule has 0 amide bonds. The van der Waals surface area contributed by atoms with Crippen molar-refractivity contribution >= 4 is 35.3 Å². The lowest BCUT2D eigenvalue weighted by molar-refractivity contribution is 0.0697. The number of morpholine rings is 1. The van der Waals surface area contributed by atoms with E-state index in [1.165, 1.54) is 6.21 Å². The van der Waals surface area contributed by atoms with Crippen molar-refractivity contribution in [3.63, 3.8) is 0 Å². The van der Waals surface area contributed by atoms with Crippen molar-refractivity contribution in [2.24, 2.45) is 0 Å². The SMILES string of the molecule is CNc1ccc(-c2cc(Nc3ccc(C(=O)O)cc3)nc(N3CCOCC3)n2)cc1C=N. The van der Waals surface area contributed by atoms with Crippen LogP contribution in [-0.2, 0) is 4.74 Å². The van der Waals surface area contributed by atoms with E-state index >= 15 is 0 Å². The zero-order valence-electron chi connectivity index (χ0n) is 17.6. The Hall–Kier alpha value is -3.98. The van der Waals surface area contributed by atoms with Gasteiger partial charge in [-0.1, -0.05) is 6.07 Å². The van der Waals surface area contributed by atoms with Crippen LogP contribution in [0.25, 0.3) is 11.3 Å². The molecule has 1 aliphatic heterocycles. The zero-order valence-corrected chi connectivity index (χ0v) is 17.6. The third-order valence-corrected chi connectivity index (χ3v) is 5.18. The van der Waals surface area contributed by atoms with Gasteiger partial charge in [0.25, 0.3) is 0 Å². The van der Waals surface area contributed by atoms with Gasteiger partial charge in [-0.15, -0.1) is 0 Å². The molecular weight excluding hydrogens is 408 g/mol. The quantitative estimate of drug-likeness (QED) is 0.419. The number of carboxylic acids is 1. The lowest BCUT2D eigenvalue weighted by atomic mass is 10.1. The van der Waals surface area contributed by atoms with E-state index in [2.05, 4.69) is 20.5 Å². The standard InChI is InChI=1S/C23H24N6O3/c1-25-19-7-4-16(12-17(19)14-24)20-13-21(26-18-5-2-15(3-6-18)22(30)31)28-23(27-20)29-8-10-32-11-9-29/h2-7,12-14,24-25H,8-11H2,1H3,(H,30,31)(H,26,27,28). The molecule has 9 heteroatoms. The molecular formula is C23H24N6O3. The van der Waals surface area contributed by atoms with Crippen LogP contribution < -0.4 is 15.5 Å². The average Bonchev–Trinajstić information content (AvgIpc) is 2.84. The van der Waals surface area contributed by atoms with Gasteiger partial charge in [0.05, 0.1) is 24.5 Å². The number of hydrogen-bond donors (Lipinski definition) is 4. The predicted octanol–water partition coefficient (Wildman–Crippen LogP) is 3.46. The fourth-order valence-electron chi connectivity index (χ4n) is 3.46. The Balaban J connectivity index is 1.72. The minimum absolute atomic E-state index is 0.219. The average molecular weight is 432 g/mol. The van der Waals surface area contributed by atoms with E-state index in [1.807, 2.05) is 31.3 Å². The van der Waals surface area contributed by atoms with Crippen LogP contribution >= 0.6 is 0 Å². The summed E-state index contributed by atoms with van der Waals surface area (Å²) in [6.45, 7) is 2.62. The van der Waals surface area contributed by atoms with Gasteiger partial charge >= 0.3 is 5.97 Å². The van der Waals surface area contributed by atoms with Crippen LogP contribution in [0.1, 0.15) is 15.9 Å². The second-order valence-corrected chi connectivity index (χ2v) is 7.24. The highest BCUT2D eigenvalue weighted by Gasteiger charge is 2.17. The molecule has 0 aliphatic carbocycles. The molecule has 1 fully saturated rings. The molecule has 0 saturated carbocycles. The molecule has 0 atom stereocenters. The molecule has 4 N–H and O–H groups in total. The van der Waals surface area contributed by atoms with Gasteiger partial charge in [0.15, 0.2) is 0 Å². The number of carboxylic acid groups (broad SMARTS) is 1. The fraction of sp³-hybridized carbons (Fsp3) is 0.217. The Bertz CT molecular complexity index is 1130. The Kier molecular flexibility index (Phi) is 6.27. The van der Waals surface area contributed by atoms with Crippen molar-refractivity contribution < 1.29 is 14.6 Å². The van der Waals surface area contributed by atoms with Crippen molar-refractivity contribution in [1.29, 1.82) is 5.41 Å². The summed E-state index contributed by atoms with van der Waals surface area (Å²) in [5, 5.41) is 23.2. The van der Waals surface area contributed by atoms with Crippen LogP contribution in [0.5, 0.6) is 0 Å². The molecule has 1 aliphatic rings. The van der Waals surface area contributed by atoms with Gasteiger partial charge < -0.3 is 30.8 Å². The van der Waals surface area contributed by atoms with Crippen LogP contribution in [0.3, 0.4) is 0 Å². The molecule has 1 saturated heterocycles. The first kappa shape index (κ1) is 21.3. The molecule has 0 radical (unpaired) electrons. The normalized spacial score (nSPS) is 13.5. The molecule has 4 rings (SSSR count). The number of aromatic carboxylic acids is 1. The van der Waals surface area contributed by atoms with Crippen molar-refractivity contribution in [3.05, 3.63) is 59.7 Å². The maximum Gasteiger partial charge on any atom is 0.335 e. The van der Waals surface area contributed by atoms with Crippen LogP contribution in [-0.4, -0.2) is 60.6 Å². The molecule has 32 heavy (non-hydrogen) atoms. The molecule has 0 unspecified atom stereocenters. The van der Waals surface area contributed by atoms with E-state index in [0.717, 1.165) is 28.2 Å². The Morgan fingerprint density at radius 3 is 2.53 bits per heavy atom. The summed E-state index contributed by atoms with van der Waals surface area (Å²) in [4.78, 5) is 22.7. The maximum absolute atomic E-state index is 11.1. The number of carbonyl (C=O) groups is 1. The Morgan fingerprint density at radius 1 is 1.12 bits per heavy atom. The third kappa shape index (κ3) is 4.68. The topological polar surface area (TPSA) is 123 Å². The molecule has 0 spiro atoms. The van der Waals surface area contributed by atoms with Crippen LogP contribution in [0.2, 0.25) is 0 Å². The molecule has 9 nitrogen and oxygen atoms in total. The smallest absolute Gasteiger partial charge is 0.335 e. The predicted molar refractivity (Wildman–Crippen MR) is 125 cm³/mol. The number of aromatic nitrogens is 2. The van der Waals surface area contributed by atoms with Crippen molar-refractivity contribution in [1.82, 2.24) is 9.97 Å². The van der Waals surface area contributed by atoms with Gasteiger partial charge in [-0.25, -0.2) is 9.78 Å². The second-order valence-electron chi connectivity index (χ2n) is 7.24. The highest BCUT2D eigenvalue weighted by Crippen LogP contribution is 2.28. The fourth-order valence-corrected chi connectivity index (χ4v) is 3.46. The molecule has 0 bridgehead atoms. The van der Waals surface area contributed by atoms with E-state index in [0.29, 0.717) is 38.1 Å². The summed E-state index contributed by atoms with van der Waals surface area (Å²) < 4.78 is 5.46. The van der Waals surface area contributed by atoms with Gasteiger partial charge in [-0.2, -0.15) is 4.98 Å². The van der Waals surface area contributed by atoms with Crippen molar-refractivity contribution in [3.8, 4) is 11.3 Å². The number of benzene rings is 2. The first-order valence-electron chi connectivity index (χ1n) is 10.2. The highest BCUT2D eigenvalue weighted by atomic mass is 16.5. The van der Waals surface area contributed by atoms with E-state index < -0.39 is 5.97 Å². The first-order chi connectivity index (χ1) is 15.6. The van der Waals surface area contributed by atoms with E-state index in [4.69, 9.17) is 20.2 Å². The van der Waals surface area contributed by atoms with Crippen LogP contribution in [0.4, 0.5) is 23.1 Å². The molecule has 1 aromatic heterocycles. The van der Waals surface area contributed by atoms with Gasteiger partial charge in [0.1, 0.15) is 5.82 Å². The summed E-state index contributed by atoms with van der Waals surface area (Å²) in [5.74, 6) is 0.209. The molecule has 3 aromatic rings. The van der Waals surface area contributed by atoms with Crippen LogP contribution in [0.15, 0.2) is 48.5 Å². The number of rotatable bonds is 7. The number of hydrogen-bond acceptors (Lipinski definition) is 8. The maximum atomic E-state index is 11.1. The summed E-state index contributed by atoms with van der Waals surface area (Å²) in [7, 11) is 1.82. The van der Waals surface area contributed by atoms with E-state index in [1.54, 1.807) is 24.3 Å².